The number of halogens is 2. The highest BCUT2D eigenvalue weighted by Gasteiger charge is 2.31. The topological polar surface area (TPSA) is 30.7 Å². The minimum absolute atomic E-state index is 0.00356. The Labute approximate surface area is 107 Å². The minimum Gasteiger partial charge on any atom is -0.460 e. The van der Waals surface area contributed by atoms with Gasteiger partial charge in [-0.25, -0.2) is 4.79 Å². The van der Waals surface area contributed by atoms with E-state index >= 15 is 0 Å². The monoisotopic (exact) mass is 268 g/mol. The van der Waals surface area contributed by atoms with Crippen LogP contribution in [-0.2, 0) is 9.53 Å². The smallest absolute Gasteiger partial charge is 0.339 e. The Kier molecular flexibility index (Phi) is 5.87. The van der Waals surface area contributed by atoms with Gasteiger partial charge in [0.25, 0.3) is 0 Å². The van der Waals surface area contributed by atoms with Crippen molar-refractivity contribution in [1.82, 2.24) is 0 Å². The summed E-state index contributed by atoms with van der Waals surface area (Å²) in [6, 6.07) is 0. The van der Waals surface area contributed by atoms with E-state index in [-0.39, 0.29) is 6.10 Å². The molecule has 94 valence electrons. The predicted molar refractivity (Wildman–Crippen MR) is 65.0 cm³/mol. The fourth-order valence-corrected chi connectivity index (χ4v) is 2.39. The zero-order valence-electron chi connectivity index (χ0n) is 9.84. The minimum atomic E-state index is -1.06. The molecule has 0 heterocycles. The van der Waals surface area contributed by atoms with Gasteiger partial charge in [-0.2, -0.15) is 0 Å². The molecule has 1 fully saturated rings. The fourth-order valence-electron chi connectivity index (χ4n) is 2.29. The third-order valence-electron chi connectivity index (χ3n) is 2.96. The van der Waals surface area contributed by atoms with Crippen molar-refractivity contribution in [3.8, 4) is 0 Å². The molecule has 1 rings (SSSR count). The number of hydrogen-bond acceptors (Lipinski definition) is 2. The van der Waals surface area contributed by atoms with Crippen molar-refractivity contribution in [1.29, 1.82) is 0 Å². The molecule has 0 radical (unpaired) electrons. The van der Waals surface area contributed by atoms with Gasteiger partial charge in [-0.05, 0) is 19.3 Å². The largest absolute Gasteiger partial charge is 0.460 e. The van der Waals surface area contributed by atoms with Gasteiger partial charge in [-0.3, -0.25) is 0 Å². The summed E-state index contributed by atoms with van der Waals surface area (Å²) in [6.45, 7) is 1.02. The lowest BCUT2D eigenvalue weighted by Crippen LogP contribution is -3.06. The first-order valence-electron chi connectivity index (χ1n) is 5.78. The maximum absolute atomic E-state index is 11.3. The average molecular weight is 269 g/mol. The van der Waals surface area contributed by atoms with Crippen LogP contribution in [0.3, 0.4) is 0 Å². The Balaban J connectivity index is 2.49. The fraction of sp³-hybridized carbons (Fsp3) is 0.909. The highest BCUT2D eigenvalue weighted by atomic mass is 35.5. The second-order valence-corrected chi connectivity index (χ2v) is 5.83. The quantitative estimate of drug-likeness (QED) is 0.610. The van der Waals surface area contributed by atoms with E-state index in [1.54, 1.807) is 0 Å². The van der Waals surface area contributed by atoms with Gasteiger partial charge in [0.2, 0.25) is 4.84 Å². The third kappa shape index (κ3) is 4.48. The highest BCUT2D eigenvalue weighted by molar-refractivity contribution is 6.52. The lowest BCUT2D eigenvalue weighted by Gasteiger charge is -2.31. The standard InChI is InChI=1S/C11H19Cl2NO2/c1-14(2)7-8-5-3-4-6-9(8)16-11(15)10(12)13/h8-10H,3-7H2,1-2H3/p+1/t8-,9+/m1/s1. The van der Waals surface area contributed by atoms with Crippen molar-refractivity contribution < 1.29 is 14.4 Å². The van der Waals surface area contributed by atoms with Crippen molar-refractivity contribution in [2.75, 3.05) is 20.6 Å². The van der Waals surface area contributed by atoms with E-state index in [1.807, 2.05) is 0 Å². The number of esters is 1. The molecule has 16 heavy (non-hydrogen) atoms. The first-order valence-corrected chi connectivity index (χ1v) is 6.65. The van der Waals surface area contributed by atoms with E-state index in [2.05, 4.69) is 14.1 Å². The number of rotatable bonds is 4. The van der Waals surface area contributed by atoms with Crippen LogP contribution in [0.2, 0.25) is 0 Å². The predicted octanol–water partition coefficient (Wildman–Crippen LogP) is 1.04. The molecule has 0 aromatic rings. The number of quaternary nitrogens is 1. The van der Waals surface area contributed by atoms with Crippen LogP contribution in [0.5, 0.6) is 0 Å². The average Bonchev–Trinajstić information content (AvgIpc) is 2.20. The van der Waals surface area contributed by atoms with E-state index in [9.17, 15) is 4.79 Å². The van der Waals surface area contributed by atoms with Crippen LogP contribution < -0.4 is 4.90 Å². The molecule has 0 amide bonds. The molecule has 1 N–H and O–H groups in total. The van der Waals surface area contributed by atoms with E-state index in [4.69, 9.17) is 27.9 Å². The number of nitrogens with one attached hydrogen (secondary N) is 1. The maximum Gasteiger partial charge on any atom is 0.339 e. The van der Waals surface area contributed by atoms with Crippen LogP contribution in [0.25, 0.3) is 0 Å². The molecule has 3 nitrogen and oxygen atoms in total. The summed E-state index contributed by atoms with van der Waals surface area (Å²) in [6.07, 6.45) is 4.39. The van der Waals surface area contributed by atoms with Crippen molar-refractivity contribution in [3.63, 3.8) is 0 Å². The molecular weight excluding hydrogens is 249 g/mol. The van der Waals surface area contributed by atoms with E-state index in [0.717, 1.165) is 25.8 Å². The molecule has 0 unspecified atom stereocenters. The SMILES string of the molecule is C[NH+](C)C[C@H]1CCCC[C@@H]1OC(=O)C(Cl)Cl. The Morgan fingerprint density at radius 1 is 1.38 bits per heavy atom. The summed E-state index contributed by atoms with van der Waals surface area (Å²) in [4.78, 5) is 11.7. The molecule has 0 aromatic heterocycles. The molecule has 1 aliphatic carbocycles. The summed E-state index contributed by atoms with van der Waals surface area (Å²) in [5.41, 5.74) is 0. The lowest BCUT2D eigenvalue weighted by atomic mass is 9.86. The van der Waals surface area contributed by atoms with Gasteiger partial charge in [0.1, 0.15) is 6.10 Å². The van der Waals surface area contributed by atoms with Crippen molar-refractivity contribution in [3.05, 3.63) is 0 Å². The second kappa shape index (κ2) is 6.67. The second-order valence-electron chi connectivity index (χ2n) is 4.73. The summed E-state index contributed by atoms with van der Waals surface area (Å²) in [7, 11) is 4.22. The lowest BCUT2D eigenvalue weighted by molar-refractivity contribution is -0.862. The molecule has 0 bridgehead atoms. The number of alkyl halides is 2. The van der Waals surface area contributed by atoms with Crippen LogP contribution in [-0.4, -0.2) is 37.5 Å². The van der Waals surface area contributed by atoms with Crippen LogP contribution in [0.1, 0.15) is 25.7 Å². The molecule has 5 heteroatoms. The maximum atomic E-state index is 11.3. The van der Waals surface area contributed by atoms with E-state index in [0.29, 0.717) is 5.92 Å². The number of hydrogen-bond donors (Lipinski definition) is 1. The normalized spacial score (nSPS) is 26.1. The van der Waals surface area contributed by atoms with Gasteiger partial charge in [0, 0.05) is 5.92 Å². The van der Waals surface area contributed by atoms with Crippen LogP contribution >= 0.6 is 23.2 Å². The molecule has 0 saturated heterocycles. The molecule has 2 atom stereocenters. The Morgan fingerprint density at radius 2 is 2.00 bits per heavy atom. The van der Waals surface area contributed by atoms with Crippen LogP contribution in [0.15, 0.2) is 0 Å². The van der Waals surface area contributed by atoms with Gasteiger partial charge in [0.15, 0.2) is 0 Å². The molecule has 0 aromatic carbocycles. The summed E-state index contributed by atoms with van der Waals surface area (Å²) in [5.74, 6) is -0.0660. The van der Waals surface area contributed by atoms with Gasteiger partial charge in [0.05, 0.1) is 20.6 Å². The molecule has 1 saturated carbocycles. The third-order valence-corrected chi connectivity index (χ3v) is 3.31. The molecule has 0 spiro atoms. The van der Waals surface area contributed by atoms with E-state index < -0.39 is 10.8 Å². The van der Waals surface area contributed by atoms with Gasteiger partial charge >= 0.3 is 5.97 Å². The zero-order chi connectivity index (χ0) is 12.1. The van der Waals surface area contributed by atoms with Crippen molar-refractivity contribution in [2.45, 2.75) is 36.6 Å². The molecule has 1 aliphatic rings. The van der Waals surface area contributed by atoms with Gasteiger partial charge < -0.3 is 9.64 Å². The first kappa shape index (κ1) is 14.1. The summed E-state index contributed by atoms with van der Waals surface area (Å²) < 4.78 is 5.35. The number of carbonyl (C=O) groups excluding carboxylic acids is 1. The van der Waals surface area contributed by atoms with Crippen molar-refractivity contribution >= 4 is 29.2 Å². The van der Waals surface area contributed by atoms with Crippen LogP contribution in [0.4, 0.5) is 0 Å². The van der Waals surface area contributed by atoms with E-state index in [1.165, 1.54) is 11.3 Å². The van der Waals surface area contributed by atoms with Crippen molar-refractivity contribution in [2.24, 2.45) is 5.92 Å². The first-order chi connectivity index (χ1) is 7.50. The molecule has 0 aliphatic heterocycles. The Morgan fingerprint density at radius 3 is 2.56 bits per heavy atom. The summed E-state index contributed by atoms with van der Waals surface area (Å²) in [5, 5.41) is 0. The number of carbonyl (C=O) groups is 1. The molecular formula is C11H20Cl2NO2+. The number of ether oxygens (including phenoxy) is 1. The van der Waals surface area contributed by atoms with Crippen LogP contribution in [0, 0.1) is 5.92 Å². The van der Waals surface area contributed by atoms with Gasteiger partial charge in [-0.15, -0.1) is 0 Å². The highest BCUT2D eigenvalue weighted by Crippen LogP contribution is 2.26. The zero-order valence-corrected chi connectivity index (χ0v) is 11.4. The Hall–Kier alpha value is 0.01000. The van der Waals surface area contributed by atoms with Gasteiger partial charge in [-0.1, -0.05) is 29.6 Å². The summed E-state index contributed by atoms with van der Waals surface area (Å²) >= 11 is 11.0. The Bertz CT molecular complexity index is 234.